The zero-order valence-electron chi connectivity index (χ0n) is 10.2. The van der Waals surface area contributed by atoms with E-state index in [2.05, 4.69) is 0 Å². The third-order valence-electron chi connectivity index (χ3n) is 3.36. The van der Waals surface area contributed by atoms with Crippen molar-refractivity contribution in [3.05, 3.63) is 24.2 Å². The molecule has 0 unspecified atom stereocenters. The predicted molar refractivity (Wildman–Crippen MR) is 63.8 cm³/mol. The van der Waals surface area contributed by atoms with E-state index in [1.807, 2.05) is 4.90 Å². The SMILES string of the molecule is COCCC1CCN(C(=O)c2ccco2)CC1. The number of rotatable bonds is 4. The number of nitrogens with zero attached hydrogens (tertiary/aromatic N) is 1. The standard InChI is InChI=1S/C13H19NO3/c1-16-10-6-11-4-7-14(8-5-11)13(15)12-3-2-9-17-12/h2-3,9,11H,4-8,10H2,1H3. The summed E-state index contributed by atoms with van der Waals surface area (Å²) in [5.74, 6) is 1.15. The topological polar surface area (TPSA) is 42.7 Å². The second-order valence-electron chi connectivity index (χ2n) is 4.49. The number of hydrogen-bond acceptors (Lipinski definition) is 3. The van der Waals surface area contributed by atoms with Crippen molar-refractivity contribution in [3.8, 4) is 0 Å². The Morgan fingerprint density at radius 3 is 2.88 bits per heavy atom. The fraction of sp³-hybridized carbons (Fsp3) is 0.615. The molecule has 1 saturated heterocycles. The molecule has 0 N–H and O–H groups in total. The van der Waals surface area contributed by atoms with Gasteiger partial charge in [0.1, 0.15) is 0 Å². The van der Waals surface area contributed by atoms with Crippen molar-refractivity contribution < 1.29 is 13.9 Å². The summed E-state index contributed by atoms with van der Waals surface area (Å²) in [7, 11) is 1.73. The van der Waals surface area contributed by atoms with Crippen LogP contribution in [0.1, 0.15) is 29.8 Å². The molecule has 1 amide bonds. The number of ether oxygens (including phenoxy) is 1. The van der Waals surface area contributed by atoms with Gasteiger partial charge in [-0.1, -0.05) is 0 Å². The van der Waals surface area contributed by atoms with E-state index < -0.39 is 0 Å². The van der Waals surface area contributed by atoms with Gasteiger partial charge in [-0.2, -0.15) is 0 Å². The van der Waals surface area contributed by atoms with Crippen LogP contribution in [-0.4, -0.2) is 37.6 Å². The molecule has 2 rings (SSSR count). The van der Waals surface area contributed by atoms with Crippen molar-refractivity contribution in [2.75, 3.05) is 26.8 Å². The smallest absolute Gasteiger partial charge is 0.289 e. The van der Waals surface area contributed by atoms with Gasteiger partial charge >= 0.3 is 0 Å². The molecule has 0 atom stereocenters. The van der Waals surface area contributed by atoms with Crippen LogP contribution in [0.5, 0.6) is 0 Å². The fourth-order valence-corrected chi connectivity index (χ4v) is 2.27. The molecule has 17 heavy (non-hydrogen) atoms. The number of furan rings is 1. The number of amides is 1. The molecule has 4 heteroatoms. The molecule has 1 aliphatic rings. The lowest BCUT2D eigenvalue weighted by Crippen LogP contribution is -2.38. The van der Waals surface area contributed by atoms with Gasteiger partial charge in [0.2, 0.25) is 0 Å². The highest BCUT2D eigenvalue weighted by Crippen LogP contribution is 2.21. The monoisotopic (exact) mass is 237 g/mol. The Balaban J connectivity index is 1.81. The number of carbonyl (C=O) groups excluding carboxylic acids is 1. The first-order chi connectivity index (χ1) is 8.31. The molecule has 1 aliphatic heterocycles. The number of methoxy groups -OCH3 is 1. The lowest BCUT2D eigenvalue weighted by molar-refractivity contribution is 0.0638. The van der Waals surface area contributed by atoms with Gasteiger partial charge < -0.3 is 14.1 Å². The lowest BCUT2D eigenvalue weighted by Gasteiger charge is -2.31. The molecule has 94 valence electrons. The quantitative estimate of drug-likeness (QED) is 0.806. The molecule has 2 heterocycles. The molecular formula is C13H19NO3. The Bertz CT molecular complexity index is 340. The van der Waals surface area contributed by atoms with Crippen molar-refractivity contribution in [1.29, 1.82) is 0 Å². The Labute approximate surface area is 102 Å². The normalized spacial score (nSPS) is 17.4. The molecule has 0 radical (unpaired) electrons. The maximum Gasteiger partial charge on any atom is 0.289 e. The molecule has 0 aliphatic carbocycles. The molecule has 0 bridgehead atoms. The Morgan fingerprint density at radius 1 is 1.53 bits per heavy atom. The number of piperidine rings is 1. The van der Waals surface area contributed by atoms with Crippen LogP contribution in [0.4, 0.5) is 0 Å². The number of hydrogen-bond donors (Lipinski definition) is 0. The molecule has 0 spiro atoms. The number of carbonyl (C=O) groups is 1. The van der Waals surface area contributed by atoms with E-state index in [9.17, 15) is 4.79 Å². The van der Waals surface area contributed by atoms with E-state index >= 15 is 0 Å². The summed E-state index contributed by atoms with van der Waals surface area (Å²) in [6.07, 6.45) is 4.77. The highest BCUT2D eigenvalue weighted by molar-refractivity contribution is 5.91. The second kappa shape index (κ2) is 5.87. The Kier molecular flexibility index (Phi) is 4.20. The zero-order chi connectivity index (χ0) is 12.1. The summed E-state index contributed by atoms with van der Waals surface area (Å²) in [6.45, 7) is 2.47. The van der Waals surface area contributed by atoms with E-state index in [0.717, 1.165) is 39.0 Å². The van der Waals surface area contributed by atoms with Crippen LogP contribution in [0, 0.1) is 5.92 Å². The molecule has 4 nitrogen and oxygen atoms in total. The first kappa shape index (κ1) is 12.2. The minimum Gasteiger partial charge on any atom is -0.459 e. The van der Waals surface area contributed by atoms with Gasteiger partial charge in [-0.3, -0.25) is 4.79 Å². The summed E-state index contributed by atoms with van der Waals surface area (Å²) in [5.41, 5.74) is 0. The van der Waals surface area contributed by atoms with Crippen molar-refractivity contribution in [3.63, 3.8) is 0 Å². The summed E-state index contributed by atoms with van der Waals surface area (Å²) in [6, 6.07) is 3.47. The van der Waals surface area contributed by atoms with E-state index in [1.54, 1.807) is 25.5 Å². The zero-order valence-corrected chi connectivity index (χ0v) is 10.2. The largest absolute Gasteiger partial charge is 0.459 e. The van der Waals surface area contributed by atoms with Crippen LogP contribution in [0.2, 0.25) is 0 Å². The average molecular weight is 237 g/mol. The molecule has 1 fully saturated rings. The van der Waals surface area contributed by atoms with Crippen LogP contribution in [0.25, 0.3) is 0 Å². The van der Waals surface area contributed by atoms with Gasteiger partial charge in [-0.05, 0) is 37.3 Å². The predicted octanol–water partition coefficient (Wildman–Crippen LogP) is 2.17. The average Bonchev–Trinajstić information content (AvgIpc) is 2.90. The highest BCUT2D eigenvalue weighted by Gasteiger charge is 2.24. The van der Waals surface area contributed by atoms with Gasteiger partial charge in [0, 0.05) is 26.8 Å². The molecular weight excluding hydrogens is 218 g/mol. The Hall–Kier alpha value is -1.29. The summed E-state index contributed by atoms with van der Waals surface area (Å²) < 4.78 is 10.2. The van der Waals surface area contributed by atoms with Crippen LogP contribution >= 0.6 is 0 Å². The molecule has 0 aromatic carbocycles. The van der Waals surface area contributed by atoms with Gasteiger partial charge in [0.05, 0.1) is 6.26 Å². The molecule has 0 saturated carbocycles. The second-order valence-corrected chi connectivity index (χ2v) is 4.49. The third kappa shape index (κ3) is 3.09. The van der Waals surface area contributed by atoms with Crippen LogP contribution in [0.15, 0.2) is 22.8 Å². The van der Waals surface area contributed by atoms with Crippen LogP contribution in [0.3, 0.4) is 0 Å². The van der Waals surface area contributed by atoms with E-state index in [-0.39, 0.29) is 5.91 Å². The maximum atomic E-state index is 12.0. The van der Waals surface area contributed by atoms with Crippen LogP contribution in [-0.2, 0) is 4.74 Å². The van der Waals surface area contributed by atoms with E-state index in [4.69, 9.17) is 9.15 Å². The minimum atomic E-state index is 0.0141. The van der Waals surface area contributed by atoms with Gasteiger partial charge in [0.15, 0.2) is 5.76 Å². The van der Waals surface area contributed by atoms with Gasteiger partial charge in [0.25, 0.3) is 5.91 Å². The first-order valence-corrected chi connectivity index (χ1v) is 6.13. The van der Waals surface area contributed by atoms with Crippen LogP contribution < -0.4 is 0 Å². The van der Waals surface area contributed by atoms with Crippen molar-refractivity contribution in [2.24, 2.45) is 5.92 Å². The fourth-order valence-electron chi connectivity index (χ4n) is 2.27. The van der Waals surface area contributed by atoms with E-state index in [1.165, 1.54) is 0 Å². The van der Waals surface area contributed by atoms with Crippen molar-refractivity contribution in [1.82, 2.24) is 4.90 Å². The molecule has 1 aromatic rings. The minimum absolute atomic E-state index is 0.0141. The summed E-state index contributed by atoms with van der Waals surface area (Å²) in [4.78, 5) is 13.9. The highest BCUT2D eigenvalue weighted by atomic mass is 16.5. The first-order valence-electron chi connectivity index (χ1n) is 6.13. The van der Waals surface area contributed by atoms with Gasteiger partial charge in [-0.15, -0.1) is 0 Å². The Morgan fingerprint density at radius 2 is 2.29 bits per heavy atom. The van der Waals surface area contributed by atoms with E-state index in [0.29, 0.717) is 11.7 Å². The lowest BCUT2D eigenvalue weighted by atomic mass is 9.94. The maximum absolute atomic E-state index is 12.0. The van der Waals surface area contributed by atoms with Gasteiger partial charge in [-0.25, -0.2) is 0 Å². The summed E-state index contributed by atoms with van der Waals surface area (Å²) >= 11 is 0. The number of likely N-dealkylation sites (tertiary alicyclic amines) is 1. The van der Waals surface area contributed by atoms with Crippen molar-refractivity contribution in [2.45, 2.75) is 19.3 Å². The third-order valence-corrected chi connectivity index (χ3v) is 3.36. The molecule has 1 aromatic heterocycles. The van der Waals surface area contributed by atoms with Crippen molar-refractivity contribution >= 4 is 5.91 Å². The summed E-state index contributed by atoms with van der Waals surface area (Å²) in [5, 5.41) is 0.